The molecule has 0 spiro atoms. The molecule has 0 radical (unpaired) electrons. The first-order chi connectivity index (χ1) is 10.6. The molecule has 6 nitrogen and oxygen atoms in total. The lowest BCUT2D eigenvalue weighted by molar-refractivity contribution is -0.123. The zero-order valence-corrected chi connectivity index (χ0v) is 14.4. The maximum absolute atomic E-state index is 11.1. The highest BCUT2D eigenvalue weighted by Crippen LogP contribution is 2.16. The standard InChI is InChI=1S/C16H33N5O/c1-4-13(2)20-16(18-3)19-9-5-6-10-21-11-7-14(8-12-21)15(17)22/h13-14H,4-12H2,1-3H3,(H2,17,22)(H2,18,19,20). The SMILES string of the molecule is CCC(C)NC(=NC)NCCCCN1CCC(C(N)=O)CC1. The molecule has 1 rings (SSSR count). The Labute approximate surface area is 134 Å². The smallest absolute Gasteiger partial charge is 0.220 e. The van der Waals surface area contributed by atoms with Crippen LogP contribution in [-0.2, 0) is 4.79 Å². The first-order valence-corrected chi connectivity index (χ1v) is 8.55. The molecule has 1 fully saturated rings. The number of hydrogen-bond acceptors (Lipinski definition) is 3. The van der Waals surface area contributed by atoms with E-state index < -0.39 is 0 Å². The Morgan fingerprint density at radius 2 is 2.05 bits per heavy atom. The van der Waals surface area contributed by atoms with Gasteiger partial charge in [0.25, 0.3) is 0 Å². The topological polar surface area (TPSA) is 82.8 Å². The number of aliphatic imine (C=N–C) groups is 1. The van der Waals surface area contributed by atoms with E-state index in [4.69, 9.17) is 5.73 Å². The van der Waals surface area contributed by atoms with Gasteiger partial charge in [-0.1, -0.05) is 6.92 Å². The Hall–Kier alpha value is -1.30. The van der Waals surface area contributed by atoms with Gasteiger partial charge in [0.1, 0.15) is 0 Å². The van der Waals surface area contributed by atoms with Crippen molar-refractivity contribution in [3.8, 4) is 0 Å². The highest BCUT2D eigenvalue weighted by Gasteiger charge is 2.22. The van der Waals surface area contributed by atoms with Gasteiger partial charge in [-0.2, -0.15) is 0 Å². The van der Waals surface area contributed by atoms with Crippen LogP contribution in [0, 0.1) is 5.92 Å². The average Bonchev–Trinajstić information content (AvgIpc) is 2.53. The number of piperidine rings is 1. The molecule has 0 aromatic heterocycles. The first-order valence-electron chi connectivity index (χ1n) is 8.55. The van der Waals surface area contributed by atoms with E-state index in [0.29, 0.717) is 6.04 Å². The van der Waals surface area contributed by atoms with E-state index >= 15 is 0 Å². The number of likely N-dealkylation sites (tertiary alicyclic amines) is 1. The fourth-order valence-electron chi connectivity index (χ4n) is 2.64. The number of nitrogens with zero attached hydrogens (tertiary/aromatic N) is 2. The molecule has 1 aliphatic rings. The molecule has 1 amide bonds. The van der Waals surface area contributed by atoms with Gasteiger partial charge in [-0.25, -0.2) is 0 Å². The zero-order chi connectivity index (χ0) is 16.4. The molecule has 128 valence electrons. The Morgan fingerprint density at radius 3 is 2.59 bits per heavy atom. The number of carbonyl (C=O) groups excluding carboxylic acids is 1. The van der Waals surface area contributed by atoms with Gasteiger partial charge in [0, 0.05) is 25.6 Å². The third-order valence-electron chi connectivity index (χ3n) is 4.40. The summed E-state index contributed by atoms with van der Waals surface area (Å²) < 4.78 is 0. The van der Waals surface area contributed by atoms with Crippen LogP contribution in [0.3, 0.4) is 0 Å². The van der Waals surface area contributed by atoms with E-state index in [1.54, 1.807) is 7.05 Å². The molecular formula is C16H33N5O. The summed E-state index contributed by atoms with van der Waals surface area (Å²) in [5.74, 6) is 0.841. The lowest BCUT2D eigenvalue weighted by atomic mass is 9.96. The monoisotopic (exact) mass is 311 g/mol. The summed E-state index contributed by atoms with van der Waals surface area (Å²) >= 11 is 0. The molecule has 1 unspecified atom stereocenters. The number of guanidine groups is 1. The third kappa shape index (κ3) is 7.11. The minimum atomic E-state index is -0.135. The largest absolute Gasteiger partial charge is 0.369 e. The molecule has 0 bridgehead atoms. The molecule has 1 aliphatic heterocycles. The van der Waals surface area contributed by atoms with Crippen LogP contribution in [0.2, 0.25) is 0 Å². The Bertz CT molecular complexity index is 350. The number of amides is 1. The molecule has 0 aliphatic carbocycles. The molecule has 1 saturated heterocycles. The Balaban J connectivity index is 2.07. The number of hydrogen-bond donors (Lipinski definition) is 3. The van der Waals surface area contributed by atoms with Crippen LogP contribution < -0.4 is 16.4 Å². The summed E-state index contributed by atoms with van der Waals surface area (Å²) in [6, 6.07) is 0.442. The normalized spacial score (nSPS) is 19.0. The molecule has 4 N–H and O–H groups in total. The summed E-state index contributed by atoms with van der Waals surface area (Å²) in [6.45, 7) is 8.35. The van der Waals surface area contributed by atoms with E-state index in [-0.39, 0.29) is 11.8 Å². The van der Waals surface area contributed by atoms with Crippen LogP contribution in [0.1, 0.15) is 46.0 Å². The predicted molar refractivity (Wildman–Crippen MR) is 91.8 cm³/mol. The molecular weight excluding hydrogens is 278 g/mol. The minimum Gasteiger partial charge on any atom is -0.369 e. The lowest BCUT2D eigenvalue weighted by Gasteiger charge is -2.30. The van der Waals surface area contributed by atoms with E-state index in [1.807, 2.05) is 0 Å². The van der Waals surface area contributed by atoms with E-state index in [1.165, 1.54) is 0 Å². The van der Waals surface area contributed by atoms with Crippen LogP contribution in [0.4, 0.5) is 0 Å². The maximum Gasteiger partial charge on any atom is 0.220 e. The second kappa shape index (κ2) is 10.4. The van der Waals surface area contributed by atoms with Crippen molar-refractivity contribution in [1.29, 1.82) is 0 Å². The molecule has 0 aromatic carbocycles. The third-order valence-corrected chi connectivity index (χ3v) is 4.40. The van der Waals surface area contributed by atoms with Gasteiger partial charge in [0.15, 0.2) is 5.96 Å². The van der Waals surface area contributed by atoms with Crippen molar-refractivity contribution in [2.24, 2.45) is 16.6 Å². The highest BCUT2D eigenvalue weighted by molar-refractivity contribution is 5.79. The van der Waals surface area contributed by atoms with Gasteiger partial charge in [0.2, 0.25) is 5.91 Å². The van der Waals surface area contributed by atoms with Crippen molar-refractivity contribution in [3.63, 3.8) is 0 Å². The van der Waals surface area contributed by atoms with Gasteiger partial charge >= 0.3 is 0 Å². The number of unbranched alkanes of at least 4 members (excludes halogenated alkanes) is 1. The van der Waals surface area contributed by atoms with E-state index in [9.17, 15) is 4.79 Å². The van der Waals surface area contributed by atoms with Crippen molar-refractivity contribution in [1.82, 2.24) is 15.5 Å². The highest BCUT2D eigenvalue weighted by atomic mass is 16.1. The molecule has 1 atom stereocenters. The van der Waals surface area contributed by atoms with Crippen molar-refractivity contribution < 1.29 is 4.79 Å². The lowest BCUT2D eigenvalue weighted by Crippen LogP contribution is -2.42. The van der Waals surface area contributed by atoms with Gasteiger partial charge in [0.05, 0.1) is 0 Å². The number of primary amides is 1. The Kier molecular flexibility index (Phi) is 8.89. The number of carbonyl (C=O) groups is 1. The minimum absolute atomic E-state index is 0.0906. The predicted octanol–water partition coefficient (Wildman–Crippen LogP) is 0.927. The first kappa shape index (κ1) is 18.7. The van der Waals surface area contributed by atoms with Gasteiger partial charge in [-0.05, 0) is 58.7 Å². The summed E-state index contributed by atoms with van der Waals surface area (Å²) in [4.78, 5) is 17.8. The van der Waals surface area contributed by atoms with E-state index in [2.05, 4.69) is 34.4 Å². The van der Waals surface area contributed by atoms with Crippen LogP contribution in [0.5, 0.6) is 0 Å². The quantitative estimate of drug-likeness (QED) is 0.354. The number of rotatable bonds is 8. The van der Waals surface area contributed by atoms with Crippen molar-refractivity contribution in [2.75, 3.05) is 33.2 Å². The van der Waals surface area contributed by atoms with Crippen LogP contribution >= 0.6 is 0 Å². The maximum atomic E-state index is 11.1. The second-order valence-electron chi connectivity index (χ2n) is 6.18. The van der Waals surface area contributed by atoms with Gasteiger partial charge in [-0.3, -0.25) is 9.79 Å². The second-order valence-corrected chi connectivity index (χ2v) is 6.18. The number of nitrogens with two attached hydrogens (primary N) is 1. The van der Waals surface area contributed by atoms with Crippen LogP contribution in [0.25, 0.3) is 0 Å². The summed E-state index contributed by atoms with van der Waals surface area (Å²) in [6.07, 6.45) is 5.20. The van der Waals surface area contributed by atoms with Gasteiger partial charge < -0.3 is 21.3 Å². The van der Waals surface area contributed by atoms with Crippen LogP contribution in [-0.4, -0.2) is 56.0 Å². The molecule has 0 aromatic rings. The summed E-state index contributed by atoms with van der Waals surface area (Å²) in [5.41, 5.74) is 5.36. The number of nitrogens with one attached hydrogen (secondary N) is 2. The molecule has 6 heteroatoms. The molecule has 0 saturated carbocycles. The summed E-state index contributed by atoms with van der Waals surface area (Å²) in [7, 11) is 1.81. The molecule has 1 heterocycles. The van der Waals surface area contributed by atoms with Crippen molar-refractivity contribution in [2.45, 2.75) is 52.0 Å². The van der Waals surface area contributed by atoms with Gasteiger partial charge in [-0.15, -0.1) is 0 Å². The molecule has 22 heavy (non-hydrogen) atoms. The average molecular weight is 311 g/mol. The zero-order valence-electron chi connectivity index (χ0n) is 14.4. The van der Waals surface area contributed by atoms with Crippen LogP contribution in [0.15, 0.2) is 4.99 Å². The van der Waals surface area contributed by atoms with Crippen molar-refractivity contribution in [3.05, 3.63) is 0 Å². The van der Waals surface area contributed by atoms with Crippen molar-refractivity contribution >= 4 is 11.9 Å². The fraction of sp³-hybridized carbons (Fsp3) is 0.875. The summed E-state index contributed by atoms with van der Waals surface area (Å²) in [5, 5.41) is 6.71. The fourth-order valence-corrected chi connectivity index (χ4v) is 2.64. The van der Waals surface area contributed by atoms with E-state index in [0.717, 1.165) is 64.2 Å². The Morgan fingerprint density at radius 1 is 1.36 bits per heavy atom.